The van der Waals surface area contributed by atoms with Gasteiger partial charge in [0.1, 0.15) is 11.5 Å². The van der Waals surface area contributed by atoms with E-state index in [9.17, 15) is 0 Å². The lowest BCUT2D eigenvalue weighted by atomic mass is 9.90. The highest BCUT2D eigenvalue weighted by Gasteiger charge is 2.17. The SMILES string of the molecule is COc1cc(OCC(C)C)cc(C2CCNCC2)c1. The summed E-state index contributed by atoms with van der Waals surface area (Å²) >= 11 is 0. The zero-order chi connectivity index (χ0) is 13.7. The first-order valence-electron chi connectivity index (χ1n) is 7.21. The van der Waals surface area contributed by atoms with Crippen LogP contribution in [0.15, 0.2) is 18.2 Å². The Morgan fingerprint density at radius 2 is 1.84 bits per heavy atom. The Morgan fingerprint density at radius 1 is 1.16 bits per heavy atom. The van der Waals surface area contributed by atoms with Crippen molar-refractivity contribution in [3.63, 3.8) is 0 Å². The van der Waals surface area contributed by atoms with Gasteiger partial charge in [-0.1, -0.05) is 13.8 Å². The molecule has 3 heteroatoms. The predicted octanol–water partition coefficient (Wildman–Crippen LogP) is 3.20. The molecule has 1 heterocycles. The Bertz CT molecular complexity index is 398. The molecular formula is C16H25NO2. The third-order valence-corrected chi connectivity index (χ3v) is 3.53. The number of methoxy groups -OCH3 is 1. The second-order valence-corrected chi connectivity index (χ2v) is 5.67. The van der Waals surface area contributed by atoms with Gasteiger partial charge < -0.3 is 14.8 Å². The van der Waals surface area contributed by atoms with Crippen molar-refractivity contribution in [3.8, 4) is 11.5 Å². The number of rotatable bonds is 5. The third-order valence-electron chi connectivity index (χ3n) is 3.53. The lowest BCUT2D eigenvalue weighted by Crippen LogP contribution is -2.26. The van der Waals surface area contributed by atoms with Crippen LogP contribution in [0.4, 0.5) is 0 Å². The number of ether oxygens (including phenoxy) is 2. The van der Waals surface area contributed by atoms with Crippen molar-refractivity contribution in [2.75, 3.05) is 26.8 Å². The van der Waals surface area contributed by atoms with Crippen molar-refractivity contribution < 1.29 is 9.47 Å². The topological polar surface area (TPSA) is 30.5 Å². The van der Waals surface area contributed by atoms with E-state index in [1.165, 1.54) is 18.4 Å². The summed E-state index contributed by atoms with van der Waals surface area (Å²) in [5, 5.41) is 3.41. The molecule has 3 nitrogen and oxygen atoms in total. The second-order valence-electron chi connectivity index (χ2n) is 5.67. The number of nitrogens with one attached hydrogen (secondary N) is 1. The lowest BCUT2D eigenvalue weighted by Gasteiger charge is -2.24. The van der Waals surface area contributed by atoms with Gasteiger partial charge in [-0.3, -0.25) is 0 Å². The van der Waals surface area contributed by atoms with Gasteiger partial charge in [0.25, 0.3) is 0 Å². The van der Waals surface area contributed by atoms with Crippen LogP contribution in [0.3, 0.4) is 0 Å². The van der Waals surface area contributed by atoms with Crippen molar-refractivity contribution in [2.24, 2.45) is 5.92 Å². The Kier molecular flexibility index (Phi) is 5.08. The largest absolute Gasteiger partial charge is 0.497 e. The molecular weight excluding hydrogens is 238 g/mol. The molecule has 1 aromatic carbocycles. The molecule has 0 bridgehead atoms. The summed E-state index contributed by atoms with van der Waals surface area (Å²) in [6, 6.07) is 6.31. The van der Waals surface area contributed by atoms with Gasteiger partial charge >= 0.3 is 0 Å². The highest BCUT2D eigenvalue weighted by Crippen LogP contribution is 2.32. The first kappa shape index (κ1) is 14.2. The van der Waals surface area contributed by atoms with Gasteiger partial charge in [-0.15, -0.1) is 0 Å². The van der Waals surface area contributed by atoms with E-state index in [4.69, 9.17) is 9.47 Å². The monoisotopic (exact) mass is 263 g/mol. The minimum atomic E-state index is 0.536. The van der Waals surface area contributed by atoms with E-state index in [-0.39, 0.29) is 0 Å². The first-order chi connectivity index (χ1) is 9.19. The quantitative estimate of drug-likeness (QED) is 0.885. The highest BCUT2D eigenvalue weighted by molar-refractivity contribution is 5.40. The zero-order valence-corrected chi connectivity index (χ0v) is 12.2. The first-order valence-corrected chi connectivity index (χ1v) is 7.21. The average molecular weight is 263 g/mol. The van der Waals surface area contributed by atoms with Gasteiger partial charge in [0.2, 0.25) is 0 Å². The fourth-order valence-electron chi connectivity index (χ4n) is 2.45. The minimum absolute atomic E-state index is 0.536. The van der Waals surface area contributed by atoms with Crippen LogP contribution < -0.4 is 14.8 Å². The van der Waals surface area contributed by atoms with Gasteiger partial charge in [0.05, 0.1) is 13.7 Å². The van der Waals surface area contributed by atoms with Crippen molar-refractivity contribution >= 4 is 0 Å². The van der Waals surface area contributed by atoms with E-state index in [1.54, 1.807) is 7.11 Å². The van der Waals surface area contributed by atoms with Gasteiger partial charge in [0, 0.05) is 6.07 Å². The van der Waals surface area contributed by atoms with E-state index in [0.29, 0.717) is 11.8 Å². The number of hydrogen-bond acceptors (Lipinski definition) is 3. The highest BCUT2D eigenvalue weighted by atomic mass is 16.5. The molecule has 19 heavy (non-hydrogen) atoms. The van der Waals surface area contributed by atoms with Crippen LogP contribution in [0.2, 0.25) is 0 Å². The molecule has 106 valence electrons. The summed E-state index contributed by atoms with van der Waals surface area (Å²) in [7, 11) is 1.72. The summed E-state index contributed by atoms with van der Waals surface area (Å²) in [5.74, 6) is 2.99. The average Bonchev–Trinajstić information content (AvgIpc) is 2.45. The fraction of sp³-hybridized carbons (Fsp3) is 0.625. The maximum atomic E-state index is 5.85. The molecule has 1 aromatic rings. The minimum Gasteiger partial charge on any atom is -0.497 e. The molecule has 0 saturated carbocycles. The molecule has 1 aliphatic rings. The van der Waals surface area contributed by atoms with Crippen LogP contribution in [0.5, 0.6) is 11.5 Å². The van der Waals surface area contributed by atoms with Crippen LogP contribution >= 0.6 is 0 Å². The normalized spacial score (nSPS) is 16.6. The Hall–Kier alpha value is -1.22. The molecule has 0 unspecified atom stereocenters. The third kappa shape index (κ3) is 4.13. The number of piperidine rings is 1. The molecule has 1 aliphatic heterocycles. The number of hydrogen-bond donors (Lipinski definition) is 1. The predicted molar refractivity (Wildman–Crippen MR) is 78.2 cm³/mol. The summed E-state index contributed by atoms with van der Waals surface area (Å²) < 4.78 is 11.2. The van der Waals surface area contributed by atoms with Crippen molar-refractivity contribution in [3.05, 3.63) is 23.8 Å². The van der Waals surface area contributed by atoms with Crippen LogP contribution in [0.1, 0.15) is 38.2 Å². The zero-order valence-electron chi connectivity index (χ0n) is 12.2. The van der Waals surface area contributed by atoms with Gasteiger partial charge in [-0.05, 0) is 55.5 Å². The smallest absolute Gasteiger partial charge is 0.123 e. The van der Waals surface area contributed by atoms with E-state index in [1.807, 2.05) is 6.07 Å². The fourth-order valence-corrected chi connectivity index (χ4v) is 2.45. The maximum absolute atomic E-state index is 5.85. The maximum Gasteiger partial charge on any atom is 0.123 e. The second kappa shape index (κ2) is 6.80. The lowest BCUT2D eigenvalue weighted by molar-refractivity contribution is 0.269. The molecule has 1 saturated heterocycles. The molecule has 0 radical (unpaired) electrons. The van der Waals surface area contributed by atoms with Crippen LogP contribution in [-0.2, 0) is 0 Å². The van der Waals surface area contributed by atoms with Gasteiger partial charge in [-0.25, -0.2) is 0 Å². The van der Waals surface area contributed by atoms with Crippen LogP contribution in [0, 0.1) is 5.92 Å². The molecule has 1 N–H and O–H groups in total. The molecule has 0 amide bonds. The van der Waals surface area contributed by atoms with Crippen molar-refractivity contribution in [2.45, 2.75) is 32.6 Å². The summed E-state index contributed by atoms with van der Waals surface area (Å²) in [6.45, 7) is 7.27. The van der Waals surface area contributed by atoms with E-state index >= 15 is 0 Å². The Labute approximate surface area is 116 Å². The van der Waals surface area contributed by atoms with Crippen LogP contribution in [0.25, 0.3) is 0 Å². The van der Waals surface area contributed by atoms with Crippen LogP contribution in [-0.4, -0.2) is 26.8 Å². The van der Waals surface area contributed by atoms with E-state index < -0.39 is 0 Å². The van der Waals surface area contributed by atoms with Gasteiger partial charge in [-0.2, -0.15) is 0 Å². The Balaban J connectivity index is 2.14. The molecule has 0 atom stereocenters. The van der Waals surface area contributed by atoms with E-state index in [0.717, 1.165) is 31.2 Å². The molecule has 2 rings (SSSR count). The summed E-state index contributed by atoms with van der Waals surface area (Å²) in [5.41, 5.74) is 1.35. The Morgan fingerprint density at radius 3 is 2.47 bits per heavy atom. The standard InChI is InChI=1S/C16H25NO2/c1-12(2)11-19-16-9-14(8-15(10-16)18-3)13-4-6-17-7-5-13/h8-10,12-13,17H,4-7,11H2,1-3H3. The summed E-state index contributed by atoms with van der Waals surface area (Å²) in [4.78, 5) is 0. The molecule has 0 spiro atoms. The molecule has 0 aromatic heterocycles. The van der Waals surface area contributed by atoms with Gasteiger partial charge in [0.15, 0.2) is 0 Å². The molecule has 0 aliphatic carbocycles. The van der Waals surface area contributed by atoms with E-state index in [2.05, 4.69) is 31.3 Å². The number of benzene rings is 1. The molecule has 1 fully saturated rings. The van der Waals surface area contributed by atoms with Crippen molar-refractivity contribution in [1.29, 1.82) is 0 Å². The van der Waals surface area contributed by atoms with Crippen molar-refractivity contribution in [1.82, 2.24) is 5.32 Å². The summed E-state index contributed by atoms with van der Waals surface area (Å²) in [6.07, 6.45) is 2.38.